The van der Waals surface area contributed by atoms with Gasteiger partial charge >= 0.3 is 0 Å². The molecule has 0 aliphatic carbocycles. The van der Waals surface area contributed by atoms with Gasteiger partial charge in [-0.25, -0.2) is 0 Å². The molecular weight excluding hydrogens is 176 g/mol. The lowest BCUT2D eigenvalue weighted by Crippen LogP contribution is -1.93. The zero-order valence-electron chi connectivity index (χ0n) is 8.92. The summed E-state index contributed by atoms with van der Waals surface area (Å²) in [5.41, 5.74) is 2.63. The van der Waals surface area contributed by atoms with Gasteiger partial charge in [0.05, 0.1) is 12.2 Å². The predicted octanol–water partition coefficient (Wildman–Crippen LogP) is 3.02. The van der Waals surface area contributed by atoms with Gasteiger partial charge in [-0.05, 0) is 38.0 Å². The van der Waals surface area contributed by atoms with Gasteiger partial charge in [-0.2, -0.15) is 0 Å². The van der Waals surface area contributed by atoms with E-state index in [0.717, 1.165) is 11.1 Å². The number of hydrogen-bond donors (Lipinski definition) is 1. The summed E-state index contributed by atoms with van der Waals surface area (Å²) in [5, 5.41) is 9.78. The molecule has 1 aromatic rings. The van der Waals surface area contributed by atoms with Crippen LogP contribution in [0.1, 0.15) is 23.6 Å². The molecule has 0 heterocycles. The van der Waals surface area contributed by atoms with E-state index in [0.29, 0.717) is 17.9 Å². The lowest BCUT2D eigenvalue weighted by molar-refractivity contribution is 0.297. The van der Waals surface area contributed by atoms with Crippen molar-refractivity contribution in [3.8, 4) is 5.75 Å². The van der Waals surface area contributed by atoms with Crippen molar-refractivity contribution in [1.82, 2.24) is 0 Å². The second kappa shape index (κ2) is 4.18. The van der Waals surface area contributed by atoms with Crippen LogP contribution in [0.25, 0.3) is 5.76 Å². The molecule has 76 valence electrons. The van der Waals surface area contributed by atoms with Gasteiger partial charge in [0, 0.05) is 0 Å². The first kappa shape index (κ1) is 10.6. The van der Waals surface area contributed by atoms with Crippen molar-refractivity contribution >= 4 is 5.76 Å². The van der Waals surface area contributed by atoms with Crippen LogP contribution >= 0.6 is 0 Å². The molecule has 0 spiro atoms. The zero-order chi connectivity index (χ0) is 10.7. The number of hydrogen-bond acceptors (Lipinski definition) is 2. The molecule has 2 heteroatoms. The lowest BCUT2D eigenvalue weighted by atomic mass is 10.0. The third-order valence-corrected chi connectivity index (χ3v) is 2.06. The van der Waals surface area contributed by atoms with E-state index in [1.165, 1.54) is 0 Å². The van der Waals surface area contributed by atoms with Gasteiger partial charge in [0.2, 0.25) is 0 Å². The molecule has 0 aromatic heterocycles. The first-order valence-electron chi connectivity index (χ1n) is 4.68. The number of aryl methyl sites for hydroxylation is 2. The molecule has 0 saturated carbocycles. The van der Waals surface area contributed by atoms with Gasteiger partial charge in [0.25, 0.3) is 0 Å². The highest BCUT2D eigenvalue weighted by Gasteiger charge is 2.09. The molecule has 0 aliphatic rings. The second-order valence-corrected chi connectivity index (χ2v) is 3.33. The van der Waals surface area contributed by atoms with E-state index in [1.54, 1.807) is 0 Å². The maximum Gasteiger partial charge on any atom is 0.129 e. The Morgan fingerprint density at radius 1 is 1.43 bits per heavy atom. The van der Waals surface area contributed by atoms with Crippen molar-refractivity contribution in [1.29, 1.82) is 0 Å². The van der Waals surface area contributed by atoms with Crippen molar-refractivity contribution in [2.45, 2.75) is 20.8 Å². The van der Waals surface area contributed by atoms with Gasteiger partial charge < -0.3 is 9.84 Å². The van der Waals surface area contributed by atoms with Crippen LogP contribution in [0.3, 0.4) is 0 Å². The first-order chi connectivity index (χ1) is 6.56. The second-order valence-electron chi connectivity index (χ2n) is 3.33. The summed E-state index contributed by atoms with van der Waals surface area (Å²) in [7, 11) is 0. The van der Waals surface area contributed by atoms with Gasteiger partial charge in [0.1, 0.15) is 11.5 Å². The third kappa shape index (κ3) is 2.08. The summed E-state index contributed by atoms with van der Waals surface area (Å²) in [6.07, 6.45) is 0. The van der Waals surface area contributed by atoms with E-state index < -0.39 is 0 Å². The fraction of sp³-hybridized carbons (Fsp3) is 0.333. The number of aromatic hydroxyl groups is 1. The number of phenolic OH excluding ortho intramolecular Hbond substituents is 1. The number of ether oxygens (including phenoxy) is 1. The highest BCUT2D eigenvalue weighted by molar-refractivity contribution is 5.66. The average Bonchev–Trinajstić information content (AvgIpc) is 2.11. The molecule has 1 N–H and O–H groups in total. The molecule has 0 fully saturated rings. The van der Waals surface area contributed by atoms with Crippen molar-refractivity contribution in [2.24, 2.45) is 0 Å². The highest BCUT2D eigenvalue weighted by Crippen LogP contribution is 2.29. The molecule has 1 rings (SSSR count). The Hall–Kier alpha value is -1.44. The normalized spacial score (nSPS) is 9.93. The summed E-state index contributed by atoms with van der Waals surface area (Å²) in [6, 6.07) is 3.80. The van der Waals surface area contributed by atoms with Crippen LogP contribution in [0.5, 0.6) is 5.75 Å². The zero-order valence-corrected chi connectivity index (χ0v) is 8.92. The molecule has 0 bridgehead atoms. The third-order valence-electron chi connectivity index (χ3n) is 2.06. The molecule has 0 radical (unpaired) electrons. The quantitative estimate of drug-likeness (QED) is 0.746. The Morgan fingerprint density at radius 2 is 2.07 bits per heavy atom. The summed E-state index contributed by atoms with van der Waals surface area (Å²) in [4.78, 5) is 0. The van der Waals surface area contributed by atoms with Crippen LogP contribution in [0.2, 0.25) is 0 Å². The minimum atomic E-state index is 0.258. The summed E-state index contributed by atoms with van der Waals surface area (Å²) in [5.74, 6) is 0.783. The monoisotopic (exact) mass is 192 g/mol. The van der Waals surface area contributed by atoms with Crippen molar-refractivity contribution in [3.05, 3.63) is 35.4 Å². The Kier molecular flexibility index (Phi) is 3.18. The summed E-state index contributed by atoms with van der Waals surface area (Å²) in [6.45, 7) is 10.1. The predicted molar refractivity (Wildman–Crippen MR) is 58.2 cm³/mol. The van der Waals surface area contributed by atoms with Crippen LogP contribution in [-0.4, -0.2) is 11.7 Å². The van der Waals surface area contributed by atoms with Gasteiger partial charge in [-0.1, -0.05) is 12.6 Å². The van der Waals surface area contributed by atoms with Gasteiger partial charge in [0.15, 0.2) is 0 Å². The topological polar surface area (TPSA) is 29.5 Å². The molecule has 2 nitrogen and oxygen atoms in total. The van der Waals surface area contributed by atoms with E-state index >= 15 is 0 Å². The van der Waals surface area contributed by atoms with Gasteiger partial charge in [-0.15, -0.1) is 0 Å². The lowest BCUT2D eigenvalue weighted by Gasteiger charge is -2.11. The van der Waals surface area contributed by atoms with E-state index in [4.69, 9.17) is 4.74 Å². The van der Waals surface area contributed by atoms with Crippen LogP contribution < -0.4 is 0 Å². The standard InChI is InChI=1S/C12H16O2/c1-5-14-10(4)11-7-8(2)6-9(3)12(11)13/h6-7,13H,4-5H2,1-3H3. The highest BCUT2D eigenvalue weighted by atomic mass is 16.5. The Balaban J connectivity index is 3.13. The molecule has 0 amide bonds. The molecule has 0 saturated heterocycles. The van der Waals surface area contributed by atoms with Crippen molar-refractivity contribution < 1.29 is 9.84 Å². The molecule has 0 atom stereocenters. The van der Waals surface area contributed by atoms with Crippen LogP contribution in [0.4, 0.5) is 0 Å². The van der Waals surface area contributed by atoms with Crippen molar-refractivity contribution in [2.75, 3.05) is 6.61 Å². The largest absolute Gasteiger partial charge is 0.507 e. The average molecular weight is 192 g/mol. The van der Waals surface area contributed by atoms with Gasteiger partial charge in [-0.3, -0.25) is 0 Å². The van der Waals surface area contributed by atoms with E-state index in [9.17, 15) is 5.11 Å². The first-order valence-corrected chi connectivity index (χ1v) is 4.68. The number of benzene rings is 1. The molecule has 0 unspecified atom stereocenters. The van der Waals surface area contributed by atoms with E-state index in [1.807, 2.05) is 32.9 Å². The SMILES string of the molecule is C=C(OCC)c1cc(C)cc(C)c1O. The Morgan fingerprint density at radius 3 is 2.64 bits per heavy atom. The van der Waals surface area contributed by atoms with Crippen LogP contribution in [0.15, 0.2) is 18.7 Å². The maximum absolute atomic E-state index is 9.78. The molecule has 0 aliphatic heterocycles. The molecule has 14 heavy (non-hydrogen) atoms. The Bertz CT molecular complexity index is 354. The minimum absolute atomic E-state index is 0.258. The molecular formula is C12H16O2. The summed E-state index contributed by atoms with van der Waals surface area (Å²) < 4.78 is 5.26. The smallest absolute Gasteiger partial charge is 0.129 e. The number of rotatable bonds is 3. The van der Waals surface area contributed by atoms with E-state index in [-0.39, 0.29) is 5.75 Å². The minimum Gasteiger partial charge on any atom is -0.507 e. The fourth-order valence-electron chi connectivity index (χ4n) is 1.42. The van der Waals surface area contributed by atoms with Crippen molar-refractivity contribution in [3.63, 3.8) is 0 Å². The van der Waals surface area contributed by atoms with E-state index in [2.05, 4.69) is 6.58 Å². The summed E-state index contributed by atoms with van der Waals surface area (Å²) >= 11 is 0. The van der Waals surface area contributed by atoms with Crippen LogP contribution in [0, 0.1) is 13.8 Å². The molecule has 1 aromatic carbocycles. The maximum atomic E-state index is 9.78. The number of phenols is 1. The fourth-order valence-corrected chi connectivity index (χ4v) is 1.42. The van der Waals surface area contributed by atoms with Crippen LogP contribution in [-0.2, 0) is 4.74 Å². The Labute approximate surface area is 84.8 Å².